The van der Waals surface area contributed by atoms with Crippen LogP contribution in [-0.2, 0) is 6.18 Å². The second-order valence-electron chi connectivity index (χ2n) is 5.43. The average molecular weight is 287 g/mol. The number of hydrogen-bond donors (Lipinski definition) is 1. The van der Waals surface area contributed by atoms with Gasteiger partial charge < -0.3 is 10.2 Å². The van der Waals surface area contributed by atoms with Crippen LogP contribution in [0.2, 0.25) is 0 Å². The molecule has 1 saturated heterocycles. The minimum Gasteiger partial charge on any atom is -0.370 e. The largest absolute Gasteiger partial charge is 0.433 e. The molecule has 1 aromatic heterocycles. The summed E-state index contributed by atoms with van der Waals surface area (Å²) >= 11 is 0. The topological polar surface area (TPSA) is 28.2 Å². The summed E-state index contributed by atoms with van der Waals surface area (Å²) in [4.78, 5) is 5.65. The molecule has 0 aromatic carbocycles. The van der Waals surface area contributed by atoms with E-state index in [1.807, 2.05) is 0 Å². The maximum atomic E-state index is 12.5. The second-order valence-corrected chi connectivity index (χ2v) is 5.43. The number of aromatic nitrogens is 1. The van der Waals surface area contributed by atoms with Crippen LogP contribution in [0.1, 0.15) is 32.4 Å². The highest BCUT2D eigenvalue weighted by atomic mass is 19.4. The Bertz CT molecular complexity index is 418. The number of pyridine rings is 1. The van der Waals surface area contributed by atoms with Crippen molar-refractivity contribution in [3.05, 3.63) is 24.0 Å². The first-order valence-electron chi connectivity index (χ1n) is 6.90. The fourth-order valence-corrected chi connectivity index (χ4v) is 2.46. The normalized spacial score (nSPS) is 25.1. The van der Waals surface area contributed by atoms with Crippen molar-refractivity contribution in [3.63, 3.8) is 0 Å². The third-order valence-corrected chi connectivity index (χ3v) is 3.64. The third kappa shape index (κ3) is 3.85. The summed E-state index contributed by atoms with van der Waals surface area (Å²) in [5.41, 5.74) is -0.0732. The van der Waals surface area contributed by atoms with Crippen LogP contribution in [0.3, 0.4) is 0 Å². The molecule has 2 atom stereocenters. The molecule has 2 rings (SSSR count). The minimum absolute atomic E-state index is 0.412. The average Bonchev–Trinajstić information content (AvgIpc) is 2.36. The SMILES string of the molecule is CC1CCN(c2ccc(C(F)(F)F)nc2)CCC(C)N1. The molecule has 0 aliphatic carbocycles. The van der Waals surface area contributed by atoms with Gasteiger partial charge in [0.05, 0.1) is 11.9 Å². The predicted octanol–water partition coefficient (Wildman–Crippen LogP) is 3.07. The number of rotatable bonds is 1. The van der Waals surface area contributed by atoms with E-state index in [1.165, 1.54) is 12.3 Å². The molecule has 112 valence electrons. The van der Waals surface area contributed by atoms with Crippen molar-refractivity contribution in [1.29, 1.82) is 0 Å². The van der Waals surface area contributed by atoms with Gasteiger partial charge in [0.2, 0.25) is 0 Å². The lowest BCUT2D eigenvalue weighted by molar-refractivity contribution is -0.141. The van der Waals surface area contributed by atoms with Crippen molar-refractivity contribution < 1.29 is 13.2 Å². The van der Waals surface area contributed by atoms with Crippen LogP contribution >= 0.6 is 0 Å². The van der Waals surface area contributed by atoms with E-state index >= 15 is 0 Å². The maximum Gasteiger partial charge on any atom is 0.433 e. The van der Waals surface area contributed by atoms with Crippen LogP contribution < -0.4 is 10.2 Å². The molecule has 2 heterocycles. The zero-order chi connectivity index (χ0) is 14.8. The summed E-state index contributed by atoms with van der Waals surface area (Å²) in [7, 11) is 0. The van der Waals surface area contributed by atoms with Gasteiger partial charge in [-0.1, -0.05) is 0 Å². The molecule has 1 N–H and O–H groups in total. The van der Waals surface area contributed by atoms with Crippen LogP contribution in [-0.4, -0.2) is 30.2 Å². The van der Waals surface area contributed by atoms with E-state index in [1.54, 1.807) is 0 Å². The van der Waals surface area contributed by atoms with Crippen molar-refractivity contribution in [2.75, 3.05) is 18.0 Å². The Hall–Kier alpha value is -1.30. The molecule has 6 heteroatoms. The number of nitrogens with one attached hydrogen (secondary N) is 1. The molecule has 3 nitrogen and oxygen atoms in total. The van der Waals surface area contributed by atoms with E-state index in [-0.39, 0.29) is 0 Å². The predicted molar refractivity (Wildman–Crippen MR) is 72.7 cm³/mol. The Morgan fingerprint density at radius 1 is 1.15 bits per heavy atom. The fraction of sp³-hybridized carbons (Fsp3) is 0.643. The summed E-state index contributed by atoms with van der Waals surface area (Å²) in [6, 6.07) is 3.39. The monoisotopic (exact) mass is 287 g/mol. The van der Waals surface area contributed by atoms with E-state index in [4.69, 9.17) is 0 Å². The summed E-state index contributed by atoms with van der Waals surface area (Å²) in [5.74, 6) is 0. The molecule has 1 aliphatic heterocycles. The Kier molecular flexibility index (Phi) is 4.52. The molecule has 1 aromatic rings. The summed E-state index contributed by atoms with van der Waals surface area (Å²) < 4.78 is 37.5. The van der Waals surface area contributed by atoms with Gasteiger partial charge in [-0.05, 0) is 38.8 Å². The van der Waals surface area contributed by atoms with Crippen molar-refractivity contribution in [3.8, 4) is 0 Å². The smallest absolute Gasteiger partial charge is 0.370 e. The van der Waals surface area contributed by atoms with Crippen LogP contribution in [0.4, 0.5) is 18.9 Å². The lowest BCUT2D eigenvalue weighted by Gasteiger charge is -2.32. The van der Waals surface area contributed by atoms with Crippen LogP contribution in [0.5, 0.6) is 0 Å². The zero-order valence-electron chi connectivity index (χ0n) is 11.7. The maximum absolute atomic E-state index is 12.5. The Morgan fingerprint density at radius 2 is 1.75 bits per heavy atom. The molecule has 20 heavy (non-hydrogen) atoms. The van der Waals surface area contributed by atoms with Crippen molar-refractivity contribution in [2.24, 2.45) is 0 Å². The van der Waals surface area contributed by atoms with E-state index in [0.717, 1.165) is 37.7 Å². The lowest BCUT2D eigenvalue weighted by Crippen LogP contribution is -2.43. The number of halogens is 3. The second kappa shape index (κ2) is 5.99. The highest BCUT2D eigenvalue weighted by molar-refractivity contribution is 5.44. The molecular weight excluding hydrogens is 267 g/mol. The van der Waals surface area contributed by atoms with Gasteiger partial charge in [-0.3, -0.25) is 0 Å². The Balaban J connectivity index is 2.09. The van der Waals surface area contributed by atoms with Gasteiger partial charge in [0.1, 0.15) is 5.69 Å². The number of alkyl halides is 3. The van der Waals surface area contributed by atoms with Crippen molar-refractivity contribution in [2.45, 2.75) is 44.9 Å². The number of anilines is 1. The van der Waals surface area contributed by atoms with Gasteiger partial charge in [-0.15, -0.1) is 0 Å². The van der Waals surface area contributed by atoms with Gasteiger partial charge in [-0.25, -0.2) is 4.98 Å². The number of hydrogen-bond acceptors (Lipinski definition) is 3. The molecule has 0 saturated carbocycles. The summed E-state index contributed by atoms with van der Waals surface area (Å²) in [6.07, 6.45) is -1.12. The van der Waals surface area contributed by atoms with Gasteiger partial charge in [0, 0.05) is 25.2 Å². The fourth-order valence-electron chi connectivity index (χ4n) is 2.46. The number of nitrogens with zero attached hydrogens (tertiary/aromatic N) is 2. The highest BCUT2D eigenvalue weighted by Crippen LogP contribution is 2.28. The van der Waals surface area contributed by atoms with E-state index < -0.39 is 11.9 Å². The highest BCUT2D eigenvalue weighted by Gasteiger charge is 2.32. The standard InChI is InChI=1S/C14H20F3N3/c1-10-5-7-20(8-6-11(2)19-10)12-3-4-13(18-9-12)14(15,16)17/h3-4,9-11,19H,5-8H2,1-2H3. The molecule has 0 spiro atoms. The van der Waals surface area contributed by atoms with Gasteiger partial charge in [-0.2, -0.15) is 13.2 Å². The van der Waals surface area contributed by atoms with E-state index in [9.17, 15) is 13.2 Å². The zero-order valence-corrected chi connectivity index (χ0v) is 11.7. The van der Waals surface area contributed by atoms with Crippen LogP contribution in [0, 0.1) is 0 Å². The first-order valence-corrected chi connectivity index (χ1v) is 6.90. The van der Waals surface area contributed by atoms with Gasteiger partial charge in [0.15, 0.2) is 0 Å². The first-order chi connectivity index (χ1) is 9.36. The molecule has 1 fully saturated rings. The lowest BCUT2D eigenvalue weighted by atomic mass is 10.1. The van der Waals surface area contributed by atoms with Crippen LogP contribution in [0.15, 0.2) is 18.3 Å². The van der Waals surface area contributed by atoms with Crippen molar-refractivity contribution in [1.82, 2.24) is 10.3 Å². The summed E-state index contributed by atoms with van der Waals surface area (Å²) in [6.45, 7) is 5.91. The Morgan fingerprint density at radius 3 is 2.20 bits per heavy atom. The minimum atomic E-state index is -4.37. The molecule has 1 aliphatic rings. The summed E-state index contributed by atoms with van der Waals surface area (Å²) in [5, 5.41) is 3.49. The van der Waals surface area contributed by atoms with Crippen LogP contribution in [0.25, 0.3) is 0 Å². The van der Waals surface area contributed by atoms with Crippen molar-refractivity contribution >= 4 is 5.69 Å². The van der Waals surface area contributed by atoms with Gasteiger partial charge in [0.25, 0.3) is 0 Å². The molecule has 0 radical (unpaired) electrons. The first kappa shape index (κ1) is 15.1. The third-order valence-electron chi connectivity index (χ3n) is 3.64. The molecule has 0 amide bonds. The molecular formula is C14H20F3N3. The van der Waals surface area contributed by atoms with E-state index in [0.29, 0.717) is 12.1 Å². The Labute approximate surface area is 117 Å². The molecule has 0 bridgehead atoms. The quantitative estimate of drug-likeness (QED) is 0.860. The van der Waals surface area contributed by atoms with E-state index in [2.05, 4.69) is 29.0 Å². The molecule has 2 unspecified atom stereocenters. The van der Waals surface area contributed by atoms with Gasteiger partial charge >= 0.3 is 6.18 Å².